The molecule has 6 heteroatoms. The highest BCUT2D eigenvalue weighted by molar-refractivity contribution is 7.71. The summed E-state index contributed by atoms with van der Waals surface area (Å²) in [6.45, 7) is 1.69. The highest BCUT2D eigenvalue weighted by atomic mass is 32.1. The van der Waals surface area contributed by atoms with E-state index in [9.17, 15) is 0 Å². The lowest BCUT2D eigenvalue weighted by Gasteiger charge is -2.04. The SMILES string of the molecule is Cn1ccn(CCn2ccn(C)c2=S)c1=S. The molecule has 0 amide bonds. The van der Waals surface area contributed by atoms with Crippen molar-refractivity contribution in [1.29, 1.82) is 0 Å². The van der Waals surface area contributed by atoms with Gasteiger partial charge in [0.25, 0.3) is 0 Å². The molecule has 2 heterocycles. The monoisotopic (exact) mass is 254 g/mol. The van der Waals surface area contributed by atoms with Crippen LogP contribution in [0, 0.1) is 9.54 Å². The molecular weight excluding hydrogens is 240 g/mol. The van der Waals surface area contributed by atoms with Crippen LogP contribution in [0.2, 0.25) is 0 Å². The molecule has 86 valence electrons. The van der Waals surface area contributed by atoms with Crippen molar-refractivity contribution >= 4 is 24.4 Å². The Labute approximate surface area is 104 Å². The normalized spacial score (nSPS) is 10.9. The van der Waals surface area contributed by atoms with E-state index in [0.717, 1.165) is 22.6 Å². The molecule has 2 aromatic rings. The van der Waals surface area contributed by atoms with Crippen molar-refractivity contribution in [2.24, 2.45) is 14.1 Å². The fraction of sp³-hybridized carbons (Fsp3) is 0.400. The third-order valence-electron chi connectivity index (χ3n) is 2.62. The van der Waals surface area contributed by atoms with Gasteiger partial charge in [0.15, 0.2) is 9.54 Å². The number of nitrogens with zero attached hydrogens (tertiary/aromatic N) is 4. The van der Waals surface area contributed by atoms with Gasteiger partial charge in [-0.3, -0.25) is 0 Å². The minimum absolute atomic E-state index is 0.836. The summed E-state index contributed by atoms with van der Waals surface area (Å²) >= 11 is 10.5. The first kappa shape index (κ1) is 11.3. The molecule has 4 nitrogen and oxygen atoms in total. The zero-order chi connectivity index (χ0) is 11.7. The molecule has 0 aliphatic heterocycles. The Morgan fingerprint density at radius 2 is 1.19 bits per heavy atom. The average molecular weight is 254 g/mol. The second-order valence-corrected chi connectivity index (χ2v) is 4.50. The molecule has 0 N–H and O–H groups in total. The Balaban J connectivity index is 2.14. The third-order valence-corrected chi connectivity index (χ3v) is 3.66. The van der Waals surface area contributed by atoms with Crippen LogP contribution in [0.4, 0.5) is 0 Å². The van der Waals surface area contributed by atoms with Crippen LogP contribution in [0.3, 0.4) is 0 Å². The molecule has 0 aromatic carbocycles. The third kappa shape index (κ3) is 2.03. The second kappa shape index (κ2) is 4.39. The van der Waals surface area contributed by atoms with Crippen molar-refractivity contribution in [3.63, 3.8) is 0 Å². The van der Waals surface area contributed by atoms with E-state index in [0.29, 0.717) is 0 Å². The van der Waals surface area contributed by atoms with E-state index >= 15 is 0 Å². The van der Waals surface area contributed by atoms with Crippen LogP contribution in [-0.4, -0.2) is 18.3 Å². The van der Waals surface area contributed by atoms with Crippen LogP contribution in [0.25, 0.3) is 0 Å². The zero-order valence-corrected chi connectivity index (χ0v) is 11.0. The molecular formula is C10H14N4S2. The molecule has 0 bridgehead atoms. The highest BCUT2D eigenvalue weighted by Gasteiger charge is 1.99. The highest BCUT2D eigenvalue weighted by Crippen LogP contribution is 1.99. The Morgan fingerprint density at radius 1 is 0.812 bits per heavy atom. The minimum Gasteiger partial charge on any atom is -0.327 e. The number of aromatic nitrogens is 4. The van der Waals surface area contributed by atoms with E-state index in [1.165, 1.54) is 0 Å². The number of imidazole rings is 2. The van der Waals surface area contributed by atoms with Gasteiger partial charge in [-0.25, -0.2) is 0 Å². The second-order valence-electron chi connectivity index (χ2n) is 3.77. The molecule has 16 heavy (non-hydrogen) atoms. The van der Waals surface area contributed by atoms with Crippen LogP contribution in [-0.2, 0) is 27.2 Å². The fourth-order valence-electron chi connectivity index (χ4n) is 1.58. The molecule has 0 aliphatic carbocycles. The summed E-state index contributed by atoms with van der Waals surface area (Å²) in [6, 6.07) is 0. The molecule has 0 saturated heterocycles. The molecule has 2 rings (SSSR count). The van der Waals surface area contributed by atoms with Crippen molar-refractivity contribution in [3.05, 3.63) is 34.3 Å². The molecule has 0 unspecified atom stereocenters. The molecule has 0 fully saturated rings. The number of hydrogen-bond acceptors (Lipinski definition) is 2. The van der Waals surface area contributed by atoms with Crippen LogP contribution in [0.5, 0.6) is 0 Å². The van der Waals surface area contributed by atoms with E-state index < -0.39 is 0 Å². The van der Waals surface area contributed by atoms with Crippen molar-refractivity contribution < 1.29 is 0 Å². The van der Waals surface area contributed by atoms with Gasteiger partial charge >= 0.3 is 0 Å². The van der Waals surface area contributed by atoms with Gasteiger partial charge in [-0.1, -0.05) is 0 Å². The number of hydrogen-bond donors (Lipinski definition) is 0. The predicted molar refractivity (Wildman–Crippen MR) is 68.5 cm³/mol. The largest absolute Gasteiger partial charge is 0.327 e. The lowest BCUT2D eigenvalue weighted by molar-refractivity contribution is 0.558. The van der Waals surface area contributed by atoms with Gasteiger partial charge in [0.05, 0.1) is 0 Å². The summed E-state index contributed by atoms with van der Waals surface area (Å²) in [5.41, 5.74) is 0. The van der Waals surface area contributed by atoms with Gasteiger partial charge in [-0.15, -0.1) is 0 Å². The predicted octanol–water partition coefficient (Wildman–Crippen LogP) is 2.13. The number of aryl methyl sites for hydroxylation is 4. The maximum Gasteiger partial charge on any atom is 0.179 e. The van der Waals surface area contributed by atoms with E-state index in [2.05, 4.69) is 0 Å². The van der Waals surface area contributed by atoms with Gasteiger partial charge in [-0.05, 0) is 24.4 Å². The first-order valence-electron chi connectivity index (χ1n) is 5.03. The Morgan fingerprint density at radius 3 is 1.44 bits per heavy atom. The zero-order valence-electron chi connectivity index (χ0n) is 9.33. The lowest BCUT2D eigenvalue weighted by Crippen LogP contribution is -2.07. The summed E-state index contributed by atoms with van der Waals surface area (Å²) < 4.78 is 9.62. The van der Waals surface area contributed by atoms with Crippen molar-refractivity contribution in [1.82, 2.24) is 18.3 Å². The smallest absolute Gasteiger partial charge is 0.179 e. The van der Waals surface area contributed by atoms with E-state index in [1.54, 1.807) is 0 Å². The summed E-state index contributed by atoms with van der Waals surface area (Å²) in [4.78, 5) is 0. The Kier molecular flexibility index (Phi) is 3.11. The fourth-order valence-corrected chi connectivity index (χ4v) is 2.00. The quantitative estimate of drug-likeness (QED) is 0.782. The van der Waals surface area contributed by atoms with Crippen LogP contribution in [0.1, 0.15) is 0 Å². The molecule has 2 aromatic heterocycles. The van der Waals surface area contributed by atoms with Crippen molar-refractivity contribution in [3.8, 4) is 0 Å². The van der Waals surface area contributed by atoms with E-state index in [1.807, 2.05) is 57.2 Å². The molecule has 0 atom stereocenters. The minimum atomic E-state index is 0.836. The van der Waals surface area contributed by atoms with Crippen molar-refractivity contribution in [2.75, 3.05) is 0 Å². The van der Waals surface area contributed by atoms with Gasteiger partial charge in [0.1, 0.15) is 0 Å². The van der Waals surface area contributed by atoms with E-state index in [-0.39, 0.29) is 0 Å². The topological polar surface area (TPSA) is 19.7 Å². The maximum absolute atomic E-state index is 5.27. The van der Waals surface area contributed by atoms with Crippen LogP contribution < -0.4 is 0 Å². The van der Waals surface area contributed by atoms with Gasteiger partial charge in [0, 0.05) is 52.0 Å². The molecule has 0 spiro atoms. The summed E-state index contributed by atoms with van der Waals surface area (Å²) in [6.07, 6.45) is 7.92. The first-order valence-corrected chi connectivity index (χ1v) is 5.85. The van der Waals surface area contributed by atoms with Gasteiger partial charge < -0.3 is 18.3 Å². The summed E-state index contributed by atoms with van der Waals surface area (Å²) in [5, 5.41) is 0. The summed E-state index contributed by atoms with van der Waals surface area (Å²) in [7, 11) is 3.90. The van der Waals surface area contributed by atoms with Crippen LogP contribution >= 0.6 is 24.4 Å². The maximum atomic E-state index is 5.27. The Hall–Kier alpha value is -1.14. The number of rotatable bonds is 3. The Bertz CT molecular complexity index is 545. The standard InChI is InChI=1S/C10H14N4S2/c1-11-3-5-13(9(11)15)7-8-14-6-4-12(2)10(14)16/h3-6H,7-8H2,1-2H3. The van der Waals surface area contributed by atoms with Gasteiger partial charge in [0.2, 0.25) is 0 Å². The van der Waals surface area contributed by atoms with Crippen LogP contribution in [0.15, 0.2) is 24.8 Å². The molecule has 0 aliphatic rings. The van der Waals surface area contributed by atoms with Gasteiger partial charge in [-0.2, -0.15) is 0 Å². The average Bonchev–Trinajstić information content (AvgIpc) is 2.74. The first-order chi connectivity index (χ1) is 7.59. The summed E-state index contributed by atoms with van der Waals surface area (Å²) in [5.74, 6) is 0. The van der Waals surface area contributed by atoms with E-state index in [4.69, 9.17) is 24.4 Å². The van der Waals surface area contributed by atoms with Crippen molar-refractivity contribution in [2.45, 2.75) is 13.1 Å². The molecule has 0 radical (unpaired) electrons. The lowest BCUT2D eigenvalue weighted by atomic mass is 10.6. The molecule has 0 saturated carbocycles.